The largest absolute Gasteiger partial charge is 0.492 e. The van der Waals surface area contributed by atoms with Gasteiger partial charge in [0.15, 0.2) is 5.76 Å². The lowest BCUT2D eigenvalue weighted by Crippen LogP contribution is -2.28. The summed E-state index contributed by atoms with van der Waals surface area (Å²) in [6, 6.07) is 26.6. The number of hydrogen-bond acceptors (Lipinski definition) is 5. The van der Waals surface area contributed by atoms with E-state index in [1.54, 1.807) is 6.07 Å². The van der Waals surface area contributed by atoms with Crippen LogP contribution in [0.25, 0.3) is 0 Å². The van der Waals surface area contributed by atoms with E-state index in [4.69, 9.17) is 9.15 Å². The van der Waals surface area contributed by atoms with Gasteiger partial charge in [0.2, 0.25) is 0 Å². The molecule has 2 N–H and O–H groups in total. The van der Waals surface area contributed by atoms with Crippen molar-refractivity contribution in [1.29, 1.82) is 0 Å². The maximum atomic E-state index is 13.5. The van der Waals surface area contributed by atoms with Crippen LogP contribution in [0.15, 0.2) is 94.4 Å². The molecule has 1 aliphatic carbocycles. The van der Waals surface area contributed by atoms with Crippen molar-refractivity contribution in [1.82, 2.24) is 5.43 Å². The van der Waals surface area contributed by atoms with E-state index >= 15 is 0 Å². The van der Waals surface area contributed by atoms with Gasteiger partial charge in [-0.05, 0) is 49.9 Å². The lowest BCUT2D eigenvalue weighted by Gasteiger charge is -2.18. The Morgan fingerprint density at radius 1 is 0.923 bits per heavy atom. The van der Waals surface area contributed by atoms with Crippen LogP contribution in [0, 0.1) is 6.92 Å². The van der Waals surface area contributed by atoms with Crippen LogP contribution in [0.1, 0.15) is 64.3 Å². The molecule has 0 saturated carbocycles. The van der Waals surface area contributed by atoms with Gasteiger partial charge in [0, 0.05) is 17.5 Å². The third-order valence-electron chi connectivity index (χ3n) is 6.80. The van der Waals surface area contributed by atoms with Gasteiger partial charge >= 0.3 is 0 Å². The standard InChI is InChI=1S/C32H31N3O4/c1-3-38-26-19-11-10-17-24(26)33-32(37)30-21(2)28-25(18-12-20-27(28)39-30)34-35-31(36)29(22-13-6-4-7-14-22)23-15-8-5-9-16-23/h4-11,13-17,19,29H,3,12,18,20H2,1-2H3,(H,33,37)(H,35,36)/b34-25+. The topological polar surface area (TPSA) is 92.9 Å². The van der Waals surface area contributed by atoms with Gasteiger partial charge in [-0.15, -0.1) is 0 Å². The molecule has 1 aliphatic rings. The molecule has 39 heavy (non-hydrogen) atoms. The van der Waals surface area contributed by atoms with Crippen LogP contribution < -0.4 is 15.5 Å². The number of carbonyl (C=O) groups is 2. The highest BCUT2D eigenvalue weighted by Gasteiger charge is 2.29. The summed E-state index contributed by atoms with van der Waals surface area (Å²) in [5, 5.41) is 7.47. The van der Waals surface area contributed by atoms with Gasteiger partial charge in [-0.25, -0.2) is 5.43 Å². The first-order valence-corrected chi connectivity index (χ1v) is 13.2. The number of amides is 2. The second-order valence-electron chi connectivity index (χ2n) is 9.38. The van der Waals surface area contributed by atoms with Crippen molar-refractivity contribution in [3.63, 3.8) is 0 Å². The quantitative estimate of drug-likeness (QED) is 0.269. The van der Waals surface area contributed by atoms with Crippen molar-refractivity contribution in [3.8, 4) is 5.75 Å². The second kappa shape index (κ2) is 11.8. The number of nitrogens with one attached hydrogen (secondary N) is 2. The lowest BCUT2D eigenvalue weighted by atomic mass is 9.90. The van der Waals surface area contributed by atoms with E-state index in [9.17, 15) is 9.59 Å². The number of ether oxygens (including phenoxy) is 1. The van der Waals surface area contributed by atoms with Crippen molar-refractivity contribution >= 4 is 23.2 Å². The number of para-hydroxylation sites is 2. The predicted octanol–water partition coefficient (Wildman–Crippen LogP) is 6.23. The van der Waals surface area contributed by atoms with Gasteiger partial charge in [0.1, 0.15) is 11.5 Å². The zero-order valence-corrected chi connectivity index (χ0v) is 22.1. The normalized spacial score (nSPS) is 13.7. The van der Waals surface area contributed by atoms with Crippen LogP contribution in [0.5, 0.6) is 5.75 Å². The fourth-order valence-corrected chi connectivity index (χ4v) is 5.00. The van der Waals surface area contributed by atoms with Crippen LogP contribution >= 0.6 is 0 Å². The second-order valence-corrected chi connectivity index (χ2v) is 9.38. The number of nitrogens with zero attached hydrogens (tertiary/aromatic N) is 1. The number of fused-ring (bicyclic) bond motifs is 1. The minimum atomic E-state index is -0.503. The van der Waals surface area contributed by atoms with Gasteiger partial charge in [0.05, 0.1) is 23.9 Å². The molecule has 198 valence electrons. The Kier molecular flexibility index (Phi) is 7.87. The molecule has 1 heterocycles. The van der Waals surface area contributed by atoms with Crippen LogP contribution in [0.2, 0.25) is 0 Å². The summed E-state index contributed by atoms with van der Waals surface area (Å²) in [5.41, 5.74) is 7.36. The van der Waals surface area contributed by atoms with E-state index in [1.165, 1.54) is 0 Å². The number of carbonyl (C=O) groups excluding carboxylic acids is 2. The molecule has 5 rings (SSSR count). The Bertz CT molecular complexity index is 1450. The molecule has 0 fully saturated rings. The SMILES string of the molecule is CCOc1ccccc1NC(=O)c1oc2c(c1C)/C(=N/NC(=O)C(c1ccccc1)c1ccccc1)CCC2. The lowest BCUT2D eigenvalue weighted by molar-refractivity contribution is -0.121. The summed E-state index contributed by atoms with van der Waals surface area (Å²) in [4.78, 5) is 26.7. The Morgan fingerprint density at radius 2 is 1.56 bits per heavy atom. The van der Waals surface area contributed by atoms with Crippen LogP contribution in [0.4, 0.5) is 5.69 Å². The van der Waals surface area contributed by atoms with E-state index < -0.39 is 5.92 Å². The molecule has 7 heteroatoms. The first-order chi connectivity index (χ1) is 19.1. The summed E-state index contributed by atoms with van der Waals surface area (Å²) >= 11 is 0. The number of benzene rings is 3. The molecule has 2 amide bonds. The first-order valence-electron chi connectivity index (χ1n) is 13.2. The highest BCUT2D eigenvalue weighted by Crippen LogP contribution is 2.32. The third kappa shape index (κ3) is 5.62. The maximum absolute atomic E-state index is 13.5. The Hall–Kier alpha value is -4.65. The molecule has 0 unspecified atom stereocenters. The molecule has 7 nitrogen and oxygen atoms in total. The fraction of sp³-hybridized carbons (Fsp3) is 0.219. The van der Waals surface area contributed by atoms with Gasteiger partial charge in [-0.1, -0.05) is 72.8 Å². The number of hydrogen-bond donors (Lipinski definition) is 2. The molecular formula is C32H31N3O4. The number of anilines is 1. The molecule has 0 spiro atoms. The molecule has 0 bridgehead atoms. The van der Waals surface area contributed by atoms with E-state index in [0.717, 1.165) is 23.1 Å². The summed E-state index contributed by atoms with van der Waals surface area (Å²) in [7, 11) is 0. The van der Waals surface area contributed by atoms with Gasteiger partial charge in [0.25, 0.3) is 11.8 Å². The zero-order chi connectivity index (χ0) is 27.2. The van der Waals surface area contributed by atoms with Crippen molar-refractivity contribution in [2.45, 2.75) is 39.0 Å². The number of hydrazone groups is 1. The summed E-state index contributed by atoms with van der Waals surface area (Å²) in [5.74, 6) is 0.455. The number of rotatable bonds is 8. The van der Waals surface area contributed by atoms with Crippen LogP contribution in [0.3, 0.4) is 0 Å². The number of aryl methyl sites for hydroxylation is 1. The zero-order valence-electron chi connectivity index (χ0n) is 22.1. The summed E-state index contributed by atoms with van der Waals surface area (Å²) in [6.07, 6.45) is 2.18. The van der Waals surface area contributed by atoms with E-state index in [2.05, 4.69) is 15.8 Å². The van der Waals surface area contributed by atoms with E-state index in [0.29, 0.717) is 47.9 Å². The Labute approximate surface area is 227 Å². The molecule has 1 aromatic heterocycles. The molecule has 0 radical (unpaired) electrons. The average Bonchev–Trinajstić information content (AvgIpc) is 3.31. The third-order valence-corrected chi connectivity index (χ3v) is 6.80. The van der Waals surface area contributed by atoms with Gasteiger partial charge in [-0.3, -0.25) is 9.59 Å². The highest BCUT2D eigenvalue weighted by atomic mass is 16.5. The Balaban J connectivity index is 1.40. The van der Waals surface area contributed by atoms with Crippen LogP contribution in [-0.4, -0.2) is 24.1 Å². The van der Waals surface area contributed by atoms with Crippen molar-refractivity contribution in [3.05, 3.63) is 119 Å². The monoisotopic (exact) mass is 521 g/mol. The predicted molar refractivity (Wildman–Crippen MR) is 151 cm³/mol. The maximum Gasteiger partial charge on any atom is 0.291 e. The fourth-order valence-electron chi connectivity index (χ4n) is 5.00. The minimum Gasteiger partial charge on any atom is -0.492 e. The Morgan fingerprint density at radius 3 is 2.23 bits per heavy atom. The molecule has 4 aromatic rings. The van der Waals surface area contributed by atoms with E-state index in [1.807, 2.05) is 92.7 Å². The van der Waals surface area contributed by atoms with Crippen molar-refractivity contribution < 1.29 is 18.7 Å². The first kappa shape index (κ1) is 26.0. The van der Waals surface area contributed by atoms with Crippen molar-refractivity contribution in [2.24, 2.45) is 5.10 Å². The average molecular weight is 522 g/mol. The molecule has 3 aromatic carbocycles. The number of furan rings is 1. The summed E-state index contributed by atoms with van der Waals surface area (Å²) in [6.45, 7) is 4.23. The van der Waals surface area contributed by atoms with Gasteiger partial charge < -0.3 is 14.5 Å². The van der Waals surface area contributed by atoms with Crippen LogP contribution in [-0.2, 0) is 11.2 Å². The van der Waals surface area contributed by atoms with Crippen molar-refractivity contribution in [2.75, 3.05) is 11.9 Å². The minimum absolute atomic E-state index is 0.223. The molecule has 0 atom stereocenters. The molecular weight excluding hydrogens is 490 g/mol. The molecule has 0 saturated heterocycles. The van der Waals surface area contributed by atoms with Gasteiger partial charge in [-0.2, -0.15) is 5.10 Å². The summed E-state index contributed by atoms with van der Waals surface area (Å²) < 4.78 is 11.7. The molecule has 0 aliphatic heterocycles. The van der Waals surface area contributed by atoms with E-state index in [-0.39, 0.29) is 17.6 Å². The highest BCUT2D eigenvalue weighted by molar-refractivity contribution is 6.09. The smallest absolute Gasteiger partial charge is 0.291 e.